The molecule has 4 aromatic rings. The third kappa shape index (κ3) is 5.60. The minimum absolute atomic E-state index is 0.0309. The molecule has 2 aliphatic rings. The first-order valence-corrected chi connectivity index (χ1v) is 14.2. The Morgan fingerprint density at radius 3 is 2.50 bits per heavy atom. The van der Waals surface area contributed by atoms with E-state index in [4.69, 9.17) is 15.2 Å². The number of carbonyl (C=O) groups is 2. The standard InChI is InChI=1S/C32H27F4N5O5/c1-30(29(37)43)16-45-27-22(30)13-25(41-26(27)17-2-5-19(33)6-3-17)31(44,32(34,35)36)15-40-28(42)18-4-9-21(23-14-38-10-11-39-23)24(12-18)46-20-7-8-20/h2-6,9-14,20,44H,7-8,15-16H2,1H3,(H2,37,43)(H,40,42)/t30-,31-/m0/s1. The highest BCUT2D eigenvalue weighted by Crippen LogP contribution is 2.47. The van der Waals surface area contributed by atoms with Gasteiger partial charge >= 0.3 is 6.18 Å². The highest BCUT2D eigenvalue weighted by Gasteiger charge is 2.57. The normalized spacial score (nSPS) is 18.7. The summed E-state index contributed by atoms with van der Waals surface area (Å²) in [4.78, 5) is 38.1. The fourth-order valence-corrected chi connectivity index (χ4v) is 5.03. The molecule has 1 aliphatic heterocycles. The van der Waals surface area contributed by atoms with Crippen molar-refractivity contribution in [3.63, 3.8) is 0 Å². The number of nitrogens with zero attached hydrogens (tertiary/aromatic N) is 3. The van der Waals surface area contributed by atoms with Gasteiger partial charge in [-0.05, 0) is 68.3 Å². The average Bonchev–Trinajstić information content (AvgIpc) is 3.79. The molecular weight excluding hydrogens is 610 g/mol. The van der Waals surface area contributed by atoms with Crippen molar-refractivity contribution in [2.24, 2.45) is 5.73 Å². The lowest BCUT2D eigenvalue weighted by atomic mass is 9.81. The van der Waals surface area contributed by atoms with Crippen LogP contribution >= 0.6 is 0 Å². The minimum atomic E-state index is -5.36. The van der Waals surface area contributed by atoms with Gasteiger partial charge in [0.15, 0.2) is 0 Å². The Hall–Kier alpha value is -5.11. The zero-order chi connectivity index (χ0) is 32.9. The Morgan fingerprint density at radius 2 is 1.87 bits per heavy atom. The van der Waals surface area contributed by atoms with Crippen molar-refractivity contribution in [1.29, 1.82) is 0 Å². The van der Waals surface area contributed by atoms with Crippen LogP contribution in [-0.2, 0) is 15.8 Å². The van der Waals surface area contributed by atoms with E-state index < -0.39 is 47.1 Å². The van der Waals surface area contributed by atoms with E-state index in [0.29, 0.717) is 17.0 Å². The largest absolute Gasteiger partial charge is 0.490 e. The number of ether oxygens (including phenoxy) is 2. The van der Waals surface area contributed by atoms with Crippen LogP contribution in [0.2, 0.25) is 0 Å². The minimum Gasteiger partial charge on any atom is -0.490 e. The third-order valence-corrected chi connectivity index (χ3v) is 8.03. The highest BCUT2D eigenvalue weighted by atomic mass is 19.4. The molecule has 14 heteroatoms. The molecule has 10 nitrogen and oxygen atoms in total. The Bertz CT molecular complexity index is 1820. The maximum absolute atomic E-state index is 14.7. The van der Waals surface area contributed by atoms with Gasteiger partial charge in [0.1, 0.15) is 35.0 Å². The van der Waals surface area contributed by atoms with Crippen LogP contribution in [0.25, 0.3) is 22.5 Å². The molecule has 1 saturated carbocycles. The number of fused-ring (bicyclic) bond motifs is 1. The number of aromatic nitrogens is 3. The van der Waals surface area contributed by atoms with Crippen LogP contribution in [0.1, 0.15) is 41.4 Å². The Morgan fingerprint density at radius 1 is 1.13 bits per heavy atom. The molecule has 1 fully saturated rings. The smallest absolute Gasteiger partial charge is 0.424 e. The number of nitrogens with two attached hydrogens (primary N) is 1. The van der Waals surface area contributed by atoms with Gasteiger partial charge in [-0.3, -0.25) is 19.6 Å². The van der Waals surface area contributed by atoms with Gasteiger partial charge in [-0.2, -0.15) is 13.2 Å². The summed E-state index contributed by atoms with van der Waals surface area (Å²) in [6, 6.07) is 9.92. The molecule has 1 aliphatic carbocycles. The fraction of sp³-hybridized carbons (Fsp3) is 0.281. The van der Waals surface area contributed by atoms with E-state index in [-0.39, 0.29) is 40.8 Å². The SMILES string of the molecule is C[C@]1(C(N)=O)COc2c1cc([C@@](O)(CNC(=O)c1ccc(-c3cnccn3)c(OC3CC3)c1)C(F)(F)F)nc2-c1ccc(F)cc1. The number of rotatable bonds is 9. The number of benzene rings is 2. The average molecular weight is 638 g/mol. The van der Waals surface area contributed by atoms with E-state index in [9.17, 15) is 32.3 Å². The maximum atomic E-state index is 14.7. The summed E-state index contributed by atoms with van der Waals surface area (Å²) in [7, 11) is 0. The first kappa shape index (κ1) is 30.9. The summed E-state index contributed by atoms with van der Waals surface area (Å²) in [5, 5.41) is 13.5. The van der Waals surface area contributed by atoms with Gasteiger partial charge in [0.2, 0.25) is 11.5 Å². The van der Waals surface area contributed by atoms with Gasteiger partial charge in [0.05, 0.1) is 30.2 Å². The van der Waals surface area contributed by atoms with E-state index in [2.05, 4.69) is 20.3 Å². The Balaban J connectivity index is 1.37. The van der Waals surface area contributed by atoms with Crippen molar-refractivity contribution in [2.75, 3.05) is 13.2 Å². The van der Waals surface area contributed by atoms with Crippen molar-refractivity contribution >= 4 is 11.8 Å². The molecule has 4 N–H and O–H groups in total. The van der Waals surface area contributed by atoms with Crippen LogP contribution in [0, 0.1) is 5.82 Å². The summed E-state index contributed by atoms with van der Waals surface area (Å²) in [6.45, 7) is -0.253. The van der Waals surface area contributed by atoms with Crippen molar-refractivity contribution in [1.82, 2.24) is 20.3 Å². The molecule has 46 heavy (non-hydrogen) atoms. The molecule has 2 atom stereocenters. The summed E-state index contributed by atoms with van der Waals surface area (Å²) >= 11 is 0. The summed E-state index contributed by atoms with van der Waals surface area (Å²) in [5.41, 5.74) is 0.310. The number of pyridine rings is 1. The second-order valence-corrected chi connectivity index (χ2v) is 11.4. The molecule has 6 rings (SSSR count). The lowest BCUT2D eigenvalue weighted by Gasteiger charge is -2.31. The Labute approximate surface area is 259 Å². The number of hydrogen-bond donors (Lipinski definition) is 3. The van der Waals surface area contributed by atoms with E-state index in [1.54, 1.807) is 6.07 Å². The lowest BCUT2D eigenvalue weighted by molar-refractivity contribution is -0.265. The van der Waals surface area contributed by atoms with Gasteiger partial charge < -0.3 is 25.6 Å². The van der Waals surface area contributed by atoms with Crippen LogP contribution in [0.5, 0.6) is 11.5 Å². The molecule has 0 bridgehead atoms. The zero-order valence-electron chi connectivity index (χ0n) is 24.3. The predicted molar refractivity (Wildman–Crippen MR) is 155 cm³/mol. The van der Waals surface area contributed by atoms with Gasteiger partial charge in [-0.15, -0.1) is 0 Å². The molecular formula is C32H27F4N5O5. The number of primary amides is 1. The molecule has 0 unspecified atom stereocenters. The molecule has 0 radical (unpaired) electrons. The molecule has 2 aromatic carbocycles. The first-order valence-electron chi connectivity index (χ1n) is 14.2. The number of amides is 2. The zero-order valence-corrected chi connectivity index (χ0v) is 24.3. The van der Waals surface area contributed by atoms with Crippen LogP contribution in [0.4, 0.5) is 17.6 Å². The van der Waals surface area contributed by atoms with Crippen LogP contribution in [0.15, 0.2) is 67.1 Å². The van der Waals surface area contributed by atoms with Crippen LogP contribution in [-0.4, -0.2) is 57.3 Å². The number of alkyl halides is 3. The molecule has 0 saturated heterocycles. The van der Waals surface area contributed by atoms with Crippen molar-refractivity contribution in [2.45, 2.75) is 43.1 Å². The van der Waals surface area contributed by atoms with Crippen LogP contribution in [0.3, 0.4) is 0 Å². The molecule has 0 spiro atoms. The molecule has 238 valence electrons. The maximum Gasteiger partial charge on any atom is 0.424 e. The van der Waals surface area contributed by atoms with E-state index in [1.165, 1.54) is 49.8 Å². The van der Waals surface area contributed by atoms with Crippen LogP contribution < -0.4 is 20.5 Å². The predicted octanol–water partition coefficient (Wildman–Crippen LogP) is 4.20. The quantitative estimate of drug-likeness (QED) is 0.231. The third-order valence-electron chi connectivity index (χ3n) is 8.03. The molecule has 2 aromatic heterocycles. The van der Waals surface area contributed by atoms with Crippen molar-refractivity contribution in [3.8, 4) is 34.0 Å². The number of halogens is 4. The molecule has 3 heterocycles. The number of carbonyl (C=O) groups excluding carboxylic acids is 2. The van der Waals surface area contributed by atoms with Gasteiger partial charge in [0.25, 0.3) is 5.91 Å². The summed E-state index contributed by atoms with van der Waals surface area (Å²) in [5.74, 6) is -2.15. The van der Waals surface area contributed by atoms with Gasteiger partial charge in [-0.25, -0.2) is 9.37 Å². The fourth-order valence-electron chi connectivity index (χ4n) is 5.03. The number of aliphatic hydroxyl groups is 1. The second kappa shape index (κ2) is 11.4. The molecule has 2 amide bonds. The van der Waals surface area contributed by atoms with E-state index >= 15 is 0 Å². The topological polar surface area (TPSA) is 150 Å². The van der Waals surface area contributed by atoms with Gasteiger partial charge in [0, 0.05) is 34.6 Å². The number of nitrogens with one attached hydrogen (secondary N) is 1. The number of hydrogen-bond acceptors (Lipinski definition) is 8. The van der Waals surface area contributed by atoms with E-state index in [0.717, 1.165) is 31.0 Å². The summed E-state index contributed by atoms with van der Waals surface area (Å²) < 4.78 is 69.5. The Kier molecular flexibility index (Phi) is 7.63. The monoisotopic (exact) mass is 637 g/mol. The second-order valence-electron chi connectivity index (χ2n) is 11.4. The van der Waals surface area contributed by atoms with Gasteiger partial charge in [-0.1, -0.05) is 0 Å². The van der Waals surface area contributed by atoms with E-state index in [1.807, 2.05) is 0 Å². The van der Waals surface area contributed by atoms with Crippen molar-refractivity contribution in [3.05, 3.63) is 89.8 Å². The summed E-state index contributed by atoms with van der Waals surface area (Å²) in [6.07, 6.45) is 0.678. The lowest BCUT2D eigenvalue weighted by Crippen LogP contribution is -2.51. The van der Waals surface area contributed by atoms with Crippen molar-refractivity contribution < 1.29 is 41.7 Å². The first-order chi connectivity index (χ1) is 21.8. The highest BCUT2D eigenvalue weighted by molar-refractivity contribution is 5.95.